The summed E-state index contributed by atoms with van der Waals surface area (Å²) in [6.07, 6.45) is 0.758. The van der Waals surface area contributed by atoms with E-state index in [0.29, 0.717) is 11.3 Å². The van der Waals surface area contributed by atoms with E-state index in [1.807, 2.05) is 6.92 Å². The largest absolute Gasteiger partial charge is 0.349 e. The van der Waals surface area contributed by atoms with Crippen LogP contribution in [-0.2, 0) is 13.5 Å². The van der Waals surface area contributed by atoms with Gasteiger partial charge in [-0.05, 0) is 45.4 Å². The number of thiophene rings is 1. The lowest BCUT2D eigenvalue weighted by Gasteiger charge is -2.15. The fraction of sp³-hybridized carbons (Fsp3) is 0.438. The Morgan fingerprint density at radius 3 is 2.64 bits per heavy atom. The molecule has 1 atom stereocenters. The van der Waals surface area contributed by atoms with Gasteiger partial charge in [-0.3, -0.25) is 9.59 Å². The molecule has 22 heavy (non-hydrogen) atoms. The third-order valence-electron chi connectivity index (χ3n) is 3.63. The molecule has 2 aromatic rings. The Morgan fingerprint density at radius 2 is 2.05 bits per heavy atom. The summed E-state index contributed by atoms with van der Waals surface area (Å²) in [6, 6.07) is 4.10. The minimum absolute atomic E-state index is 0.0388. The first-order chi connectivity index (χ1) is 10.3. The van der Waals surface area contributed by atoms with Crippen LogP contribution >= 0.6 is 11.3 Å². The fourth-order valence-electron chi connectivity index (χ4n) is 2.36. The van der Waals surface area contributed by atoms with Crippen LogP contribution in [0.25, 0.3) is 0 Å². The average molecular weight is 319 g/mol. The van der Waals surface area contributed by atoms with E-state index in [0.717, 1.165) is 6.42 Å². The van der Waals surface area contributed by atoms with Gasteiger partial charge in [0.2, 0.25) is 0 Å². The van der Waals surface area contributed by atoms with Crippen molar-refractivity contribution >= 4 is 17.2 Å². The van der Waals surface area contributed by atoms with Gasteiger partial charge in [-0.2, -0.15) is 5.10 Å². The Balaban J connectivity index is 2.17. The second kappa shape index (κ2) is 6.44. The van der Waals surface area contributed by atoms with Crippen molar-refractivity contribution in [2.75, 3.05) is 0 Å². The lowest BCUT2D eigenvalue weighted by Crippen LogP contribution is -2.39. The van der Waals surface area contributed by atoms with Crippen LogP contribution in [0.2, 0.25) is 0 Å². The highest BCUT2D eigenvalue weighted by Crippen LogP contribution is 2.17. The first-order valence-corrected chi connectivity index (χ1v) is 8.02. The van der Waals surface area contributed by atoms with E-state index < -0.39 is 0 Å². The van der Waals surface area contributed by atoms with Gasteiger partial charge in [0.15, 0.2) is 0 Å². The van der Waals surface area contributed by atoms with Gasteiger partial charge < -0.3 is 5.32 Å². The highest BCUT2D eigenvalue weighted by atomic mass is 32.1. The monoisotopic (exact) mass is 319 g/mol. The average Bonchev–Trinajstić information content (AvgIpc) is 2.81. The van der Waals surface area contributed by atoms with Gasteiger partial charge in [-0.25, -0.2) is 4.68 Å². The van der Waals surface area contributed by atoms with Crippen molar-refractivity contribution in [1.82, 2.24) is 15.1 Å². The van der Waals surface area contributed by atoms with Gasteiger partial charge in [0.1, 0.15) is 5.56 Å². The lowest BCUT2D eigenvalue weighted by molar-refractivity contribution is 0.0937. The summed E-state index contributed by atoms with van der Waals surface area (Å²) >= 11 is 1.72. The topological polar surface area (TPSA) is 64.0 Å². The van der Waals surface area contributed by atoms with Gasteiger partial charge in [0.05, 0.1) is 5.69 Å². The maximum atomic E-state index is 12.4. The maximum absolute atomic E-state index is 12.4. The third kappa shape index (κ3) is 3.44. The quantitative estimate of drug-likeness (QED) is 0.939. The van der Waals surface area contributed by atoms with Crippen LogP contribution in [0.4, 0.5) is 0 Å². The van der Waals surface area contributed by atoms with Gasteiger partial charge in [0.25, 0.3) is 11.5 Å². The second-order valence-electron chi connectivity index (χ2n) is 5.61. The molecule has 2 rings (SSSR count). The molecular formula is C16H21N3O2S. The van der Waals surface area contributed by atoms with Crippen molar-refractivity contribution in [3.8, 4) is 0 Å². The van der Waals surface area contributed by atoms with Crippen LogP contribution in [0.1, 0.15) is 38.3 Å². The van der Waals surface area contributed by atoms with Crippen molar-refractivity contribution in [1.29, 1.82) is 0 Å². The highest BCUT2D eigenvalue weighted by Gasteiger charge is 2.19. The molecule has 0 aliphatic rings. The minimum atomic E-state index is -0.361. The molecule has 2 aromatic heterocycles. The summed E-state index contributed by atoms with van der Waals surface area (Å²) in [4.78, 5) is 27.1. The number of aryl methyl sites for hydroxylation is 3. The number of hydrogen-bond acceptors (Lipinski definition) is 4. The van der Waals surface area contributed by atoms with Gasteiger partial charge >= 0.3 is 0 Å². The van der Waals surface area contributed by atoms with E-state index in [2.05, 4.69) is 29.5 Å². The van der Waals surface area contributed by atoms with Crippen molar-refractivity contribution in [3.63, 3.8) is 0 Å². The second-order valence-corrected chi connectivity index (χ2v) is 6.98. The molecule has 0 saturated heterocycles. The van der Waals surface area contributed by atoms with E-state index in [4.69, 9.17) is 0 Å². The normalized spacial score (nSPS) is 12.2. The van der Waals surface area contributed by atoms with Crippen LogP contribution in [-0.4, -0.2) is 21.7 Å². The number of aromatic nitrogens is 2. The molecule has 1 amide bonds. The lowest BCUT2D eigenvalue weighted by atomic mass is 10.1. The van der Waals surface area contributed by atoms with Crippen LogP contribution in [0.15, 0.2) is 16.9 Å². The first kappa shape index (κ1) is 16.4. The Kier molecular flexibility index (Phi) is 4.81. The molecule has 118 valence electrons. The number of nitrogens with one attached hydrogen (secondary N) is 1. The molecule has 0 bridgehead atoms. The Hall–Kier alpha value is -1.95. The van der Waals surface area contributed by atoms with Gasteiger partial charge in [-0.1, -0.05) is 0 Å². The standard InChI is InChI=1S/C16H21N3O2S/c1-9(8-13-7-6-10(2)22-13)17-15(20)14-11(3)12(4)18-19(5)16(14)21/h6-7,9H,8H2,1-5H3,(H,17,20)/t9-/m1/s1. The number of amides is 1. The molecule has 0 saturated carbocycles. The molecular weight excluding hydrogens is 298 g/mol. The molecule has 2 heterocycles. The number of carbonyl (C=O) groups is 1. The summed E-state index contributed by atoms with van der Waals surface area (Å²) in [5.74, 6) is -0.329. The molecule has 0 radical (unpaired) electrons. The van der Waals surface area contributed by atoms with E-state index in [9.17, 15) is 9.59 Å². The smallest absolute Gasteiger partial charge is 0.279 e. The molecule has 0 spiro atoms. The minimum Gasteiger partial charge on any atom is -0.349 e. The molecule has 5 nitrogen and oxygen atoms in total. The Morgan fingerprint density at radius 1 is 1.36 bits per heavy atom. The number of carbonyl (C=O) groups excluding carboxylic acids is 1. The van der Waals surface area contributed by atoms with Crippen molar-refractivity contribution in [3.05, 3.63) is 49.1 Å². The van der Waals surface area contributed by atoms with Crippen LogP contribution in [0, 0.1) is 20.8 Å². The SMILES string of the molecule is Cc1ccc(C[C@@H](C)NC(=O)c2c(C)c(C)nn(C)c2=O)s1. The fourth-order valence-corrected chi connectivity index (χ4v) is 3.38. The summed E-state index contributed by atoms with van der Waals surface area (Å²) < 4.78 is 1.21. The van der Waals surface area contributed by atoms with E-state index in [1.165, 1.54) is 14.4 Å². The summed E-state index contributed by atoms with van der Waals surface area (Å²) in [5.41, 5.74) is 1.15. The Bertz CT molecular complexity index is 761. The van der Waals surface area contributed by atoms with Crippen LogP contribution in [0.3, 0.4) is 0 Å². The van der Waals surface area contributed by atoms with E-state index >= 15 is 0 Å². The molecule has 0 aliphatic carbocycles. The molecule has 1 N–H and O–H groups in total. The molecule has 0 unspecified atom stereocenters. The number of hydrogen-bond donors (Lipinski definition) is 1. The maximum Gasteiger partial charge on any atom is 0.279 e. The number of rotatable bonds is 4. The van der Waals surface area contributed by atoms with Gasteiger partial charge in [0, 0.05) is 29.3 Å². The predicted molar refractivity (Wildman–Crippen MR) is 88.6 cm³/mol. The van der Waals surface area contributed by atoms with Crippen molar-refractivity contribution in [2.24, 2.45) is 7.05 Å². The molecule has 0 aliphatic heterocycles. The molecule has 0 aromatic carbocycles. The zero-order valence-corrected chi connectivity index (χ0v) is 14.4. The Labute approximate surface area is 134 Å². The predicted octanol–water partition coefficient (Wildman–Crippen LogP) is 2.13. The van der Waals surface area contributed by atoms with Crippen molar-refractivity contribution in [2.45, 2.75) is 40.2 Å². The van der Waals surface area contributed by atoms with Crippen molar-refractivity contribution < 1.29 is 4.79 Å². The molecule has 0 fully saturated rings. The summed E-state index contributed by atoms with van der Waals surface area (Å²) in [5, 5.41) is 7.01. The first-order valence-electron chi connectivity index (χ1n) is 7.20. The van der Waals surface area contributed by atoms with E-state index in [-0.39, 0.29) is 23.1 Å². The van der Waals surface area contributed by atoms with Crippen LogP contribution in [0.5, 0.6) is 0 Å². The zero-order valence-electron chi connectivity index (χ0n) is 13.6. The zero-order chi connectivity index (χ0) is 16.4. The van der Waals surface area contributed by atoms with Crippen LogP contribution < -0.4 is 10.9 Å². The van der Waals surface area contributed by atoms with Gasteiger partial charge in [-0.15, -0.1) is 11.3 Å². The number of nitrogens with zero attached hydrogens (tertiary/aromatic N) is 2. The highest BCUT2D eigenvalue weighted by molar-refractivity contribution is 7.11. The third-order valence-corrected chi connectivity index (χ3v) is 4.66. The molecule has 6 heteroatoms. The summed E-state index contributed by atoms with van der Waals surface area (Å²) in [6.45, 7) is 7.56. The summed E-state index contributed by atoms with van der Waals surface area (Å²) in [7, 11) is 1.56. The van der Waals surface area contributed by atoms with E-state index in [1.54, 1.807) is 32.2 Å².